The van der Waals surface area contributed by atoms with Gasteiger partial charge in [-0.05, 0) is 20.3 Å². The second-order valence-electron chi connectivity index (χ2n) is 7.97. The van der Waals surface area contributed by atoms with Gasteiger partial charge in [-0.2, -0.15) is 5.10 Å². The predicted octanol–water partition coefficient (Wildman–Crippen LogP) is 1.30. The molecule has 30 heavy (non-hydrogen) atoms. The third kappa shape index (κ3) is 4.34. The van der Waals surface area contributed by atoms with Crippen molar-refractivity contribution in [1.82, 2.24) is 29.9 Å². The van der Waals surface area contributed by atoms with Gasteiger partial charge in [-0.25, -0.2) is 9.78 Å². The number of piperazine rings is 1. The van der Waals surface area contributed by atoms with Crippen LogP contribution in [0.15, 0.2) is 5.38 Å². The van der Waals surface area contributed by atoms with E-state index in [9.17, 15) is 9.59 Å². The fraction of sp³-hybridized carbons (Fsp3) is 0.600. The number of anilines is 1. The number of amides is 3. The van der Waals surface area contributed by atoms with Crippen molar-refractivity contribution in [1.29, 1.82) is 0 Å². The molecule has 3 amide bonds. The Balaban J connectivity index is 1.29. The minimum absolute atomic E-state index is 0.100. The van der Waals surface area contributed by atoms with E-state index in [1.54, 1.807) is 4.90 Å². The topological polar surface area (TPSA) is 86.6 Å². The largest absolute Gasteiger partial charge is 0.340 e. The maximum Gasteiger partial charge on any atom is 0.323 e. The van der Waals surface area contributed by atoms with E-state index in [1.807, 2.05) is 22.0 Å². The molecule has 9 nitrogen and oxygen atoms in total. The van der Waals surface area contributed by atoms with Gasteiger partial charge in [-0.3, -0.25) is 19.3 Å². The highest BCUT2D eigenvalue weighted by Gasteiger charge is 2.25. The molecule has 0 spiro atoms. The quantitative estimate of drug-likeness (QED) is 0.771. The molecule has 2 fully saturated rings. The first-order valence-electron chi connectivity index (χ1n) is 10.4. The van der Waals surface area contributed by atoms with Crippen molar-refractivity contribution in [2.24, 2.45) is 7.05 Å². The molecule has 4 heterocycles. The summed E-state index contributed by atoms with van der Waals surface area (Å²) >= 11 is 1.42. The Hall–Kier alpha value is -2.46. The van der Waals surface area contributed by atoms with Crippen molar-refractivity contribution < 1.29 is 9.59 Å². The first-order chi connectivity index (χ1) is 14.4. The molecule has 0 aliphatic carbocycles. The van der Waals surface area contributed by atoms with E-state index in [0.717, 1.165) is 50.5 Å². The summed E-state index contributed by atoms with van der Waals surface area (Å²) in [6, 6.07) is -0.108. The molecule has 0 atom stereocenters. The fourth-order valence-corrected chi connectivity index (χ4v) is 4.85. The summed E-state index contributed by atoms with van der Waals surface area (Å²) in [5.74, 6) is 0.100. The number of carbonyl (C=O) groups is 2. The van der Waals surface area contributed by atoms with Crippen molar-refractivity contribution in [3.63, 3.8) is 0 Å². The number of urea groups is 1. The number of rotatable bonds is 5. The summed E-state index contributed by atoms with van der Waals surface area (Å²) < 4.78 is 1.93. The SMILES string of the molecule is Cc1nn(C)c(C)c1CN1CCN(C(=O)Cc2csc(N3CCCNC3=O)n2)CC1. The number of hydrogen-bond donors (Lipinski definition) is 1. The number of aromatic nitrogens is 3. The molecule has 0 radical (unpaired) electrons. The fourth-order valence-electron chi connectivity index (χ4n) is 4.01. The van der Waals surface area contributed by atoms with Gasteiger partial charge in [0.25, 0.3) is 0 Å². The van der Waals surface area contributed by atoms with Gasteiger partial charge in [0.05, 0.1) is 17.8 Å². The zero-order valence-corrected chi connectivity index (χ0v) is 18.7. The van der Waals surface area contributed by atoms with E-state index in [0.29, 0.717) is 18.2 Å². The minimum Gasteiger partial charge on any atom is -0.340 e. The van der Waals surface area contributed by atoms with Gasteiger partial charge < -0.3 is 10.2 Å². The normalized spacial score (nSPS) is 18.0. The Bertz CT molecular complexity index is 930. The minimum atomic E-state index is -0.108. The molecular weight excluding hydrogens is 402 g/mol. The van der Waals surface area contributed by atoms with Gasteiger partial charge in [-0.15, -0.1) is 11.3 Å². The van der Waals surface area contributed by atoms with Crippen LogP contribution in [0.2, 0.25) is 0 Å². The summed E-state index contributed by atoms with van der Waals surface area (Å²) in [5.41, 5.74) is 4.31. The van der Waals surface area contributed by atoms with Crippen molar-refractivity contribution in [2.45, 2.75) is 33.2 Å². The van der Waals surface area contributed by atoms with Crippen molar-refractivity contribution in [2.75, 3.05) is 44.2 Å². The van der Waals surface area contributed by atoms with Crippen LogP contribution in [-0.4, -0.2) is 75.8 Å². The number of thiazole rings is 1. The van der Waals surface area contributed by atoms with E-state index in [4.69, 9.17) is 0 Å². The summed E-state index contributed by atoms with van der Waals surface area (Å²) in [6.45, 7) is 9.57. The molecule has 0 bridgehead atoms. The number of nitrogens with zero attached hydrogens (tertiary/aromatic N) is 6. The Kier molecular flexibility index (Phi) is 6.05. The lowest BCUT2D eigenvalue weighted by molar-refractivity contribution is -0.132. The maximum atomic E-state index is 12.8. The van der Waals surface area contributed by atoms with Gasteiger partial charge in [0, 0.05) is 69.5 Å². The number of aryl methyl sites for hydroxylation is 2. The molecule has 2 aromatic heterocycles. The Morgan fingerprint density at radius 1 is 1.20 bits per heavy atom. The molecular formula is C20H29N7O2S. The lowest BCUT2D eigenvalue weighted by Crippen LogP contribution is -2.48. The third-order valence-corrected chi connectivity index (χ3v) is 6.86. The molecule has 2 aromatic rings. The average molecular weight is 432 g/mol. The highest BCUT2D eigenvalue weighted by atomic mass is 32.1. The highest BCUT2D eigenvalue weighted by molar-refractivity contribution is 7.14. The highest BCUT2D eigenvalue weighted by Crippen LogP contribution is 2.23. The van der Waals surface area contributed by atoms with Crippen LogP contribution in [0.1, 0.15) is 29.1 Å². The van der Waals surface area contributed by atoms with Crippen LogP contribution in [0, 0.1) is 13.8 Å². The van der Waals surface area contributed by atoms with E-state index < -0.39 is 0 Å². The van der Waals surface area contributed by atoms with E-state index in [1.165, 1.54) is 22.6 Å². The summed E-state index contributed by atoms with van der Waals surface area (Å²) in [5, 5.41) is 9.88. The van der Waals surface area contributed by atoms with Crippen molar-refractivity contribution >= 4 is 28.4 Å². The summed E-state index contributed by atoms with van der Waals surface area (Å²) in [7, 11) is 1.98. The summed E-state index contributed by atoms with van der Waals surface area (Å²) in [4.78, 5) is 35.2. The molecule has 2 aliphatic heterocycles. The van der Waals surface area contributed by atoms with Crippen molar-refractivity contribution in [3.8, 4) is 0 Å². The predicted molar refractivity (Wildman–Crippen MR) is 116 cm³/mol. The molecule has 10 heteroatoms. The Morgan fingerprint density at radius 3 is 2.63 bits per heavy atom. The van der Waals surface area contributed by atoms with Crippen molar-refractivity contribution in [3.05, 3.63) is 28.0 Å². The lowest BCUT2D eigenvalue weighted by Gasteiger charge is -2.34. The van der Waals surface area contributed by atoms with E-state index in [2.05, 4.69) is 34.1 Å². The van der Waals surface area contributed by atoms with E-state index in [-0.39, 0.29) is 18.4 Å². The van der Waals surface area contributed by atoms with Crippen LogP contribution in [0.3, 0.4) is 0 Å². The van der Waals surface area contributed by atoms with Gasteiger partial charge in [-0.1, -0.05) is 0 Å². The van der Waals surface area contributed by atoms with Gasteiger partial charge in [0.1, 0.15) is 0 Å². The maximum absolute atomic E-state index is 12.8. The first kappa shape index (κ1) is 20.8. The molecule has 4 rings (SSSR count). The monoisotopic (exact) mass is 431 g/mol. The third-order valence-electron chi connectivity index (χ3n) is 5.95. The van der Waals surface area contributed by atoms with Gasteiger partial charge in [0.15, 0.2) is 5.13 Å². The van der Waals surface area contributed by atoms with Crippen LogP contribution in [0.4, 0.5) is 9.93 Å². The lowest BCUT2D eigenvalue weighted by atomic mass is 10.1. The molecule has 2 saturated heterocycles. The van der Waals surface area contributed by atoms with Gasteiger partial charge >= 0.3 is 6.03 Å². The van der Waals surface area contributed by atoms with Gasteiger partial charge in [0.2, 0.25) is 5.91 Å². The zero-order valence-electron chi connectivity index (χ0n) is 17.8. The number of carbonyl (C=O) groups excluding carboxylic acids is 2. The van der Waals surface area contributed by atoms with Crippen LogP contribution >= 0.6 is 11.3 Å². The molecule has 1 N–H and O–H groups in total. The van der Waals surface area contributed by atoms with Crippen LogP contribution in [0.5, 0.6) is 0 Å². The zero-order chi connectivity index (χ0) is 21.3. The number of nitrogens with one attached hydrogen (secondary N) is 1. The second-order valence-corrected chi connectivity index (χ2v) is 8.80. The second kappa shape index (κ2) is 8.73. The van der Waals surface area contributed by atoms with E-state index >= 15 is 0 Å². The van der Waals surface area contributed by atoms with Crippen LogP contribution in [-0.2, 0) is 24.8 Å². The first-order valence-corrected chi connectivity index (χ1v) is 11.3. The molecule has 0 aromatic carbocycles. The Morgan fingerprint density at radius 2 is 1.97 bits per heavy atom. The number of hydrogen-bond acceptors (Lipinski definition) is 6. The standard InChI is InChI=1S/C20H29N7O2S/c1-14-17(15(2)24(3)23-14)12-25-7-9-26(10-8-25)18(28)11-16-13-30-20(22-16)27-6-4-5-21-19(27)29/h13H,4-12H2,1-3H3,(H,21,29). The summed E-state index contributed by atoms with van der Waals surface area (Å²) in [6.07, 6.45) is 1.19. The average Bonchev–Trinajstić information content (AvgIpc) is 3.28. The molecule has 162 valence electrons. The van der Waals surface area contributed by atoms with Crippen LogP contribution < -0.4 is 10.2 Å². The van der Waals surface area contributed by atoms with Crippen LogP contribution in [0.25, 0.3) is 0 Å². The Labute approximate surface area is 180 Å². The molecule has 0 unspecified atom stereocenters. The molecule has 2 aliphatic rings. The smallest absolute Gasteiger partial charge is 0.323 e. The molecule has 0 saturated carbocycles.